The van der Waals surface area contributed by atoms with Crippen LogP contribution in [0.15, 0.2) is 0 Å². The van der Waals surface area contributed by atoms with Gasteiger partial charge < -0.3 is 39.6 Å². The van der Waals surface area contributed by atoms with Crippen LogP contribution in [-0.2, 0) is 38.1 Å². The van der Waals surface area contributed by atoms with Crippen LogP contribution in [0.4, 0.5) is 4.79 Å². The second-order valence-corrected chi connectivity index (χ2v) is 6.14. The topological polar surface area (TPSA) is 155 Å². The van der Waals surface area contributed by atoms with Gasteiger partial charge in [0.25, 0.3) is 5.91 Å². The molecule has 0 heterocycles. The maximum atomic E-state index is 11.8. The zero-order valence-corrected chi connectivity index (χ0v) is 17.9. The molecular weight excluding hydrogens is 402 g/mol. The monoisotopic (exact) mass is 436 g/mol. The molecule has 30 heavy (non-hydrogen) atoms. The Bertz CT molecular complexity index is 517. The van der Waals surface area contributed by atoms with Gasteiger partial charge in [-0.05, 0) is 0 Å². The molecule has 0 spiro atoms. The highest BCUT2D eigenvalue weighted by Gasteiger charge is 2.15. The molecule has 0 saturated carbocycles. The highest BCUT2D eigenvalue weighted by Crippen LogP contribution is 1.94. The van der Waals surface area contributed by atoms with Crippen LogP contribution in [0.1, 0.15) is 20.3 Å². The molecule has 0 rings (SSSR count). The van der Waals surface area contributed by atoms with Gasteiger partial charge in [0.2, 0.25) is 0 Å². The molecule has 0 bridgehead atoms. The lowest BCUT2D eigenvalue weighted by molar-refractivity contribution is -0.644. The quantitative estimate of drug-likeness (QED) is 0.133. The van der Waals surface area contributed by atoms with Crippen molar-refractivity contribution in [3.63, 3.8) is 0 Å². The van der Waals surface area contributed by atoms with Crippen LogP contribution >= 0.6 is 0 Å². The largest absolute Gasteiger partial charge is 0.462 e. The van der Waals surface area contributed by atoms with Crippen molar-refractivity contribution in [3.05, 3.63) is 0 Å². The highest BCUT2D eigenvalue weighted by molar-refractivity contribution is 5.76. The zero-order chi connectivity index (χ0) is 22.6. The Morgan fingerprint density at radius 1 is 0.933 bits per heavy atom. The molecule has 0 aromatic rings. The lowest BCUT2D eigenvalue weighted by atomic mass is 10.3. The van der Waals surface area contributed by atoms with E-state index in [4.69, 9.17) is 23.7 Å². The van der Waals surface area contributed by atoms with Gasteiger partial charge in [-0.1, -0.05) is 0 Å². The Labute approximate surface area is 176 Å². The van der Waals surface area contributed by atoms with Gasteiger partial charge in [0, 0.05) is 33.9 Å². The van der Waals surface area contributed by atoms with Crippen molar-refractivity contribution in [1.82, 2.24) is 10.6 Å². The van der Waals surface area contributed by atoms with E-state index in [0.29, 0.717) is 39.3 Å². The Morgan fingerprint density at radius 3 is 2.33 bits per heavy atom. The van der Waals surface area contributed by atoms with Gasteiger partial charge in [-0.25, -0.2) is 4.79 Å². The van der Waals surface area contributed by atoms with Crippen molar-refractivity contribution in [2.45, 2.75) is 26.4 Å². The first kappa shape index (κ1) is 27.6. The van der Waals surface area contributed by atoms with Crippen LogP contribution in [0.3, 0.4) is 0 Å². The second-order valence-electron chi connectivity index (χ2n) is 6.14. The first-order chi connectivity index (χ1) is 14.3. The van der Waals surface area contributed by atoms with Crippen LogP contribution in [0.2, 0.25) is 0 Å². The SMILES string of the molecule is COCCOCCOC(=O)NCCC[NH2+]CC(=O)NCC(COC(C)=O)OC(C)=O. The molecule has 4 N–H and O–H groups in total. The molecule has 0 aromatic heterocycles. The van der Waals surface area contributed by atoms with Crippen molar-refractivity contribution in [3.8, 4) is 0 Å². The predicted octanol–water partition coefficient (Wildman–Crippen LogP) is -2.06. The summed E-state index contributed by atoms with van der Waals surface area (Å²) in [5.74, 6) is -1.28. The number of rotatable bonds is 17. The Balaban J connectivity index is 3.70. The summed E-state index contributed by atoms with van der Waals surface area (Å²) in [4.78, 5) is 45.2. The zero-order valence-electron chi connectivity index (χ0n) is 17.9. The van der Waals surface area contributed by atoms with Gasteiger partial charge in [-0.15, -0.1) is 0 Å². The fourth-order valence-electron chi connectivity index (χ4n) is 2.04. The number of quaternary nitrogens is 1. The number of hydrogen-bond donors (Lipinski definition) is 3. The van der Waals surface area contributed by atoms with E-state index < -0.39 is 24.1 Å². The molecule has 1 unspecified atom stereocenters. The Kier molecular flexibility index (Phi) is 17.1. The average molecular weight is 436 g/mol. The number of nitrogens with one attached hydrogen (secondary N) is 2. The van der Waals surface area contributed by atoms with E-state index in [0.717, 1.165) is 0 Å². The number of methoxy groups -OCH3 is 1. The third-order valence-electron chi connectivity index (χ3n) is 3.41. The number of ether oxygens (including phenoxy) is 5. The molecule has 0 aromatic carbocycles. The van der Waals surface area contributed by atoms with E-state index in [1.165, 1.54) is 13.8 Å². The lowest BCUT2D eigenvalue weighted by Crippen LogP contribution is -2.86. The van der Waals surface area contributed by atoms with Crippen molar-refractivity contribution in [2.75, 3.05) is 66.3 Å². The summed E-state index contributed by atoms with van der Waals surface area (Å²) in [6.07, 6.45) is -0.613. The molecule has 2 amide bonds. The highest BCUT2D eigenvalue weighted by atomic mass is 16.6. The van der Waals surface area contributed by atoms with Crippen molar-refractivity contribution in [1.29, 1.82) is 0 Å². The summed E-state index contributed by atoms with van der Waals surface area (Å²) in [6, 6.07) is 0. The van der Waals surface area contributed by atoms with Gasteiger partial charge in [-0.3, -0.25) is 14.4 Å². The van der Waals surface area contributed by atoms with Crippen molar-refractivity contribution in [2.24, 2.45) is 0 Å². The van der Waals surface area contributed by atoms with E-state index in [-0.39, 0.29) is 32.2 Å². The molecule has 12 heteroatoms. The minimum Gasteiger partial charge on any atom is -0.462 e. The fraction of sp³-hybridized carbons (Fsp3) is 0.778. The average Bonchev–Trinajstić information content (AvgIpc) is 2.68. The molecular formula is C18H34N3O9+. The van der Waals surface area contributed by atoms with Crippen LogP contribution < -0.4 is 16.0 Å². The summed E-state index contributed by atoms with van der Waals surface area (Å²) in [5.41, 5.74) is 0. The van der Waals surface area contributed by atoms with Crippen molar-refractivity contribution < 1.29 is 48.2 Å². The molecule has 0 aliphatic heterocycles. The minimum atomic E-state index is -0.740. The van der Waals surface area contributed by atoms with E-state index in [2.05, 4.69) is 10.6 Å². The number of esters is 2. The summed E-state index contributed by atoms with van der Waals surface area (Å²) >= 11 is 0. The maximum absolute atomic E-state index is 11.8. The summed E-state index contributed by atoms with van der Waals surface area (Å²) < 4.78 is 24.7. The smallest absolute Gasteiger partial charge is 0.407 e. The normalized spacial score (nSPS) is 11.3. The number of hydrogen-bond acceptors (Lipinski definition) is 9. The molecule has 1 atom stereocenters. The van der Waals surface area contributed by atoms with E-state index in [1.807, 2.05) is 0 Å². The van der Waals surface area contributed by atoms with Gasteiger partial charge in [-0.2, -0.15) is 0 Å². The number of amides is 2. The Morgan fingerprint density at radius 2 is 1.67 bits per heavy atom. The van der Waals surface area contributed by atoms with Gasteiger partial charge >= 0.3 is 18.0 Å². The van der Waals surface area contributed by atoms with Crippen LogP contribution in [-0.4, -0.2) is 96.4 Å². The third-order valence-corrected chi connectivity index (χ3v) is 3.41. The van der Waals surface area contributed by atoms with Crippen LogP contribution in [0, 0.1) is 0 Å². The van der Waals surface area contributed by atoms with Gasteiger partial charge in [0.1, 0.15) is 13.2 Å². The summed E-state index contributed by atoms with van der Waals surface area (Å²) in [7, 11) is 1.58. The molecule has 0 saturated heterocycles. The summed E-state index contributed by atoms with van der Waals surface area (Å²) in [5, 5.41) is 6.99. The molecule has 0 aliphatic carbocycles. The van der Waals surface area contributed by atoms with Gasteiger partial charge in [0.05, 0.1) is 32.9 Å². The number of carbonyl (C=O) groups excluding carboxylic acids is 4. The predicted molar refractivity (Wildman–Crippen MR) is 104 cm³/mol. The molecule has 12 nitrogen and oxygen atoms in total. The molecule has 174 valence electrons. The van der Waals surface area contributed by atoms with E-state index >= 15 is 0 Å². The number of alkyl carbamates (subject to hydrolysis) is 1. The minimum absolute atomic E-state index is 0.0438. The second kappa shape index (κ2) is 18.6. The van der Waals surface area contributed by atoms with E-state index in [1.54, 1.807) is 12.4 Å². The van der Waals surface area contributed by atoms with E-state index in [9.17, 15) is 19.2 Å². The maximum Gasteiger partial charge on any atom is 0.407 e. The van der Waals surface area contributed by atoms with Crippen LogP contribution in [0.5, 0.6) is 0 Å². The van der Waals surface area contributed by atoms with Gasteiger partial charge in [0.15, 0.2) is 12.6 Å². The van der Waals surface area contributed by atoms with Crippen molar-refractivity contribution >= 4 is 23.9 Å². The Hall–Kier alpha value is -2.44. The number of carbonyl (C=O) groups is 4. The molecule has 0 radical (unpaired) electrons. The molecule has 0 aliphatic rings. The lowest BCUT2D eigenvalue weighted by Gasteiger charge is -2.17. The summed E-state index contributed by atoms with van der Waals surface area (Å²) in [6.45, 7) is 5.00. The number of nitrogens with two attached hydrogens (primary N) is 1. The third kappa shape index (κ3) is 18.9. The fourth-order valence-corrected chi connectivity index (χ4v) is 2.04. The standard InChI is InChI=1S/C18H33N3O9/c1-14(22)29-13-16(30-15(2)23)11-21-17(24)12-19-5-4-6-20-18(25)28-10-9-27-8-7-26-3/h16,19H,4-13H2,1-3H3,(H,20,25)(H,21,24)/p+1. The first-order valence-electron chi connectivity index (χ1n) is 9.71. The molecule has 0 fully saturated rings. The first-order valence-corrected chi connectivity index (χ1v) is 9.71. The van der Waals surface area contributed by atoms with Crippen LogP contribution in [0.25, 0.3) is 0 Å².